The Hall–Kier alpha value is -1.38. The Labute approximate surface area is 104 Å². The Morgan fingerprint density at radius 1 is 1.06 bits per heavy atom. The fourth-order valence-corrected chi connectivity index (χ4v) is 2.74. The summed E-state index contributed by atoms with van der Waals surface area (Å²) in [7, 11) is 0. The van der Waals surface area contributed by atoms with Crippen LogP contribution in [0.15, 0.2) is 36.4 Å². The Morgan fingerprint density at radius 2 is 1.71 bits per heavy atom. The van der Waals surface area contributed by atoms with Crippen molar-refractivity contribution in [2.45, 2.75) is 5.92 Å². The number of hydrogen-bond acceptors (Lipinski definition) is 1. The van der Waals surface area contributed by atoms with Gasteiger partial charge in [-0.05, 0) is 46.5 Å². The minimum atomic E-state index is -0.221. The van der Waals surface area contributed by atoms with Gasteiger partial charge in [0.1, 0.15) is 5.82 Å². The van der Waals surface area contributed by atoms with E-state index in [1.54, 1.807) is 6.07 Å². The summed E-state index contributed by atoms with van der Waals surface area (Å²) < 4.78 is 13.3. The first-order valence-corrected chi connectivity index (χ1v) is 5.88. The number of halogens is 2. The maximum atomic E-state index is 13.3. The lowest BCUT2D eigenvalue weighted by molar-refractivity contribution is 0.624. The zero-order valence-corrected chi connectivity index (χ0v) is 9.84. The molecule has 86 valence electrons. The van der Waals surface area contributed by atoms with Crippen LogP contribution in [0.3, 0.4) is 0 Å². The first-order valence-electron chi connectivity index (χ1n) is 5.50. The highest BCUT2D eigenvalue weighted by atomic mass is 35.5. The van der Waals surface area contributed by atoms with Crippen LogP contribution in [0.1, 0.15) is 17.0 Å². The van der Waals surface area contributed by atoms with Crippen molar-refractivity contribution in [2.75, 3.05) is 6.54 Å². The van der Waals surface area contributed by atoms with Gasteiger partial charge < -0.3 is 5.73 Å². The van der Waals surface area contributed by atoms with Gasteiger partial charge in [-0.1, -0.05) is 23.7 Å². The van der Waals surface area contributed by atoms with Crippen molar-refractivity contribution in [2.24, 2.45) is 5.73 Å². The van der Waals surface area contributed by atoms with Crippen LogP contribution in [-0.4, -0.2) is 6.54 Å². The van der Waals surface area contributed by atoms with E-state index in [1.807, 2.05) is 24.3 Å². The highest BCUT2D eigenvalue weighted by Crippen LogP contribution is 2.45. The normalized spacial score (nSPS) is 16.8. The molecule has 3 rings (SSSR count). The van der Waals surface area contributed by atoms with Crippen LogP contribution in [0.4, 0.5) is 4.39 Å². The van der Waals surface area contributed by atoms with Crippen LogP contribution in [0, 0.1) is 5.82 Å². The van der Waals surface area contributed by atoms with Gasteiger partial charge in [-0.25, -0.2) is 4.39 Å². The third-order valence-electron chi connectivity index (χ3n) is 3.30. The van der Waals surface area contributed by atoms with E-state index < -0.39 is 0 Å². The van der Waals surface area contributed by atoms with Gasteiger partial charge in [0.25, 0.3) is 0 Å². The molecule has 2 aromatic carbocycles. The number of hydrogen-bond donors (Lipinski definition) is 1. The van der Waals surface area contributed by atoms with E-state index in [1.165, 1.54) is 6.07 Å². The standard InChI is InChI=1S/C14H11ClFN/c15-8-1-3-10-11-4-2-9(16)6-13(11)14(7-17)12(10)5-8/h1-6,14H,7,17H2. The van der Waals surface area contributed by atoms with E-state index in [0.29, 0.717) is 11.6 Å². The maximum Gasteiger partial charge on any atom is 0.123 e. The molecule has 1 atom stereocenters. The van der Waals surface area contributed by atoms with Crippen LogP contribution in [0.25, 0.3) is 11.1 Å². The molecule has 0 bridgehead atoms. The lowest BCUT2D eigenvalue weighted by Crippen LogP contribution is -2.11. The molecular formula is C14H11ClFN. The summed E-state index contributed by atoms with van der Waals surface area (Å²) in [5, 5.41) is 0.690. The zero-order chi connectivity index (χ0) is 12.0. The Kier molecular flexibility index (Phi) is 2.42. The fourth-order valence-electron chi connectivity index (χ4n) is 2.56. The van der Waals surface area contributed by atoms with Crippen molar-refractivity contribution >= 4 is 11.6 Å². The van der Waals surface area contributed by atoms with Gasteiger partial charge >= 0.3 is 0 Å². The molecule has 0 aromatic heterocycles. The summed E-state index contributed by atoms with van der Waals surface area (Å²) in [6.07, 6.45) is 0. The minimum absolute atomic E-state index is 0.0504. The summed E-state index contributed by atoms with van der Waals surface area (Å²) in [4.78, 5) is 0. The minimum Gasteiger partial charge on any atom is -0.330 e. The molecule has 0 aliphatic heterocycles. The smallest absolute Gasteiger partial charge is 0.123 e. The summed E-state index contributed by atoms with van der Waals surface area (Å²) in [5.74, 6) is -0.171. The van der Waals surface area contributed by atoms with Crippen molar-refractivity contribution in [3.63, 3.8) is 0 Å². The summed E-state index contributed by atoms with van der Waals surface area (Å²) >= 11 is 6.00. The van der Waals surface area contributed by atoms with E-state index >= 15 is 0 Å². The van der Waals surface area contributed by atoms with Crippen LogP contribution in [-0.2, 0) is 0 Å². The molecule has 2 N–H and O–H groups in total. The molecule has 0 saturated heterocycles. The van der Waals surface area contributed by atoms with Crippen molar-refractivity contribution < 1.29 is 4.39 Å². The molecule has 0 saturated carbocycles. The lowest BCUT2D eigenvalue weighted by Gasteiger charge is -2.10. The molecule has 1 aliphatic carbocycles. The molecule has 0 spiro atoms. The predicted molar refractivity (Wildman–Crippen MR) is 67.7 cm³/mol. The molecule has 0 radical (unpaired) electrons. The van der Waals surface area contributed by atoms with E-state index in [2.05, 4.69) is 0 Å². The second kappa shape index (κ2) is 3.83. The molecule has 3 heteroatoms. The summed E-state index contributed by atoms with van der Waals surface area (Å²) in [6, 6.07) is 10.6. The van der Waals surface area contributed by atoms with Gasteiger partial charge in [-0.2, -0.15) is 0 Å². The van der Waals surface area contributed by atoms with E-state index in [9.17, 15) is 4.39 Å². The Bertz CT molecular complexity index is 543. The first kappa shape index (κ1) is 10.8. The Balaban J connectivity index is 2.28. The first-order chi connectivity index (χ1) is 8.20. The number of rotatable bonds is 1. The molecule has 0 fully saturated rings. The Morgan fingerprint density at radius 3 is 2.41 bits per heavy atom. The van der Waals surface area contributed by atoms with Crippen LogP contribution < -0.4 is 5.73 Å². The molecule has 1 aliphatic rings. The molecular weight excluding hydrogens is 237 g/mol. The molecule has 0 heterocycles. The molecule has 2 aromatic rings. The zero-order valence-electron chi connectivity index (χ0n) is 9.08. The highest BCUT2D eigenvalue weighted by molar-refractivity contribution is 6.30. The van der Waals surface area contributed by atoms with E-state index in [0.717, 1.165) is 22.3 Å². The van der Waals surface area contributed by atoms with Gasteiger partial charge in [0, 0.05) is 17.5 Å². The van der Waals surface area contributed by atoms with Crippen molar-refractivity contribution in [1.29, 1.82) is 0 Å². The summed E-state index contributed by atoms with van der Waals surface area (Å²) in [6.45, 7) is 0.462. The van der Waals surface area contributed by atoms with Gasteiger partial charge in [-0.15, -0.1) is 0 Å². The van der Waals surface area contributed by atoms with Crippen molar-refractivity contribution in [3.8, 4) is 11.1 Å². The average molecular weight is 248 g/mol. The number of fused-ring (bicyclic) bond motifs is 3. The van der Waals surface area contributed by atoms with Gasteiger partial charge in [0.2, 0.25) is 0 Å². The topological polar surface area (TPSA) is 26.0 Å². The maximum absolute atomic E-state index is 13.3. The monoisotopic (exact) mass is 247 g/mol. The van der Waals surface area contributed by atoms with Crippen LogP contribution in [0.2, 0.25) is 5.02 Å². The SMILES string of the molecule is NCC1c2cc(F)ccc2-c2ccc(Cl)cc21. The fraction of sp³-hybridized carbons (Fsp3) is 0.143. The van der Waals surface area contributed by atoms with Crippen LogP contribution in [0.5, 0.6) is 0 Å². The molecule has 0 amide bonds. The number of benzene rings is 2. The lowest BCUT2D eigenvalue weighted by atomic mass is 9.97. The van der Waals surface area contributed by atoms with E-state index in [4.69, 9.17) is 17.3 Å². The van der Waals surface area contributed by atoms with Gasteiger partial charge in [-0.3, -0.25) is 0 Å². The third-order valence-corrected chi connectivity index (χ3v) is 3.54. The second-order valence-corrected chi connectivity index (χ2v) is 4.69. The predicted octanol–water partition coefficient (Wildman–Crippen LogP) is 3.55. The average Bonchev–Trinajstić information content (AvgIpc) is 2.60. The molecule has 1 unspecified atom stereocenters. The molecule has 17 heavy (non-hydrogen) atoms. The quantitative estimate of drug-likeness (QED) is 0.819. The third kappa shape index (κ3) is 1.56. The molecule has 1 nitrogen and oxygen atoms in total. The second-order valence-electron chi connectivity index (χ2n) is 4.25. The van der Waals surface area contributed by atoms with Crippen molar-refractivity contribution in [1.82, 2.24) is 0 Å². The highest BCUT2D eigenvalue weighted by Gasteiger charge is 2.27. The van der Waals surface area contributed by atoms with Crippen molar-refractivity contribution in [3.05, 3.63) is 58.4 Å². The van der Waals surface area contributed by atoms with Gasteiger partial charge in [0.15, 0.2) is 0 Å². The largest absolute Gasteiger partial charge is 0.330 e. The van der Waals surface area contributed by atoms with Gasteiger partial charge in [0.05, 0.1) is 0 Å². The summed E-state index contributed by atoms with van der Waals surface area (Å²) in [5.41, 5.74) is 10.0. The number of nitrogens with two attached hydrogens (primary N) is 1. The van der Waals surface area contributed by atoms with E-state index in [-0.39, 0.29) is 11.7 Å². The van der Waals surface area contributed by atoms with Crippen LogP contribution >= 0.6 is 11.6 Å².